The number of hydrogen-bond donors (Lipinski definition) is 1. The fourth-order valence-corrected chi connectivity index (χ4v) is 4.57. The molecule has 1 unspecified atom stereocenters. The number of benzene rings is 2. The lowest BCUT2D eigenvalue weighted by Crippen LogP contribution is -2.39. The second kappa shape index (κ2) is 5.81. The van der Waals surface area contributed by atoms with Gasteiger partial charge in [-0.25, -0.2) is 0 Å². The van der Waals surface area contributed by atoms with Crippen molar-refractivity contribution >= 4 is 11.6 Å². The molecule has 0 saturated heterocycles. The van der Waals surface area contributed by atoms with Gasteiger partial charge in [0.15, 0.2) is 0 Å². The number of halogens is 1. The molecule has 1 heterocycles. The third-order valence-corrected chi connectivity index (χ3v) is 5.89. The average Bonchev–Trinajstić information content (AvgIpc) is 2.73. The van der Waals surface area contributed by atoms with E-state index >= 15 is 0 Å². The van der Waals surface area contributed by atoms with Gasteiger partial charge in [0.05, 0.1) is 16.7 Å². The zero-order valence-electron chi connectivity index (χ0n) is 13.6. The second-order valence-electron chi connectivity index (χ2n) is 6.80. The van der Waals surface area contributed by atoms with Gasteiger partial charge < -0.3 is 10.0 Å². The van der Waals surface area contributed by atoms with Gasteiger partial charge in [0, 0.05) is 18.5 Å². The Labute approximate surface area is 147 Å². The minimum absolute atomic E-state index is 0.141. The SMILES string of the molecule is CN1CCc2cc(Cl)c(O)cc2C2c3cccc(C#N)c3CC[C@@H]21. The van der Waals surface area contributed by atoms with Gasteiger partial charge in [-0.2, -0.15) is 5.26 Å². The fourth-order valence-electron chi connectivity index (χ4n) is 4.38. The van der Waals surface area contributed by atoms with Gasteiger partial charge in [0.2, 0.25) is 0 Å². The molecule has 0 saturated carbocycles. The average molecular weight is 339 g/mol. The third kappa shape index (κ3) is 2.30. The highest BCUT2D eigenvalue weighted by Gasteiger charge is 2.37. The van der Waals surface area contributed by atoms with Gasteiger partial charge in [-0.15, -0.1) is 0 Å². The molecule has 1 N–H and O–H groups in total. The molecular weight excluding hydrogens is 320 g/mol. The van der Waals surface area contributed by atoms with Crippen LogP contribution in [0.1, 0.15) is 40.2 Å². The molecule has 24 heavy (non-hydrogen) atoms. The lowest BCUT2D eigenvalue weighted by molar-refractivity contribution is 0.214. The van der Waals surface area contributed by atoms with Crippen molar-refractivity contribution in [3.8, 4) is 11.8 Å². The molecule has 0 amide bonds. The summed E-state index contributed by atoms with van der Waals surface area (Å²) in [6, 6.07) is 12.5. The zero-order chi connectivity index (χ0) is 16.8. The topological polar surface area (TPSA) is 47.3 Å². The maximum atomic E-state index is 10.2. The summed E-state index contributed by atoms with van der Waals surface area (Å²) in [4.78, 5) is 2.41. The number of aromatic hydroxyl groups is 1. The first-order valence-corrected chi connectivity index (χ1v) is 8.71. The summed E-state index contributed by atoms with van der Waals surface area (Å²) in [5.74, 6) is 0.315. The van der Waals surface area contributed by atoms with Crippen LogP contribution < -0.4 is 0 Å². The van der Waals surface area contributed by atoms with E-state index in [4.69, 9.17) is 11.6 Å². The number of phenolic OH excluding ortho intramolecular Hbond substituents is 1. The molecule has 3 nitrogen and oxygen atoms in total. The molecule has 1 aliphatic heterocycles. The second-order valence-corrected chi connectivity index (χ2v) is 7.21. The van der Waals surface area contributed by atoms with Gasteiger partial charge in [0.1, 0.15) is 5.75 Å². The number of likely N-dealkylation sites (N-methyl/N-ethyl adjacent to an activating group) is 1. The van der Waals surface area contributed by atoms with E-state index in [0.29, 0.717) is 11.1 Å². The first kappa shape index (κ1) is 15.5. The molecule has 2 aromatic carbocycles. The number of phenols is 1. The highest BCUT2D eigenvalue weighted by atomic mass is 35.5. The smallest absolute Gasteiger partial charge is 0.134 e. The maximum absolute atomic E-state index is 10.2. The Bertz CT molecular complexity index is 855. The Balaban J connectivity index is 1.97. The van der Waals surface area contributed by atoms with Gasteiger partial charge in [-0.05, 0) is 66.8 Å². The zero-order valence-corrected chi connectivity index (χ0v) is 14.3. The summed E-state index contributed by atoms with van der Waals surface area (Å²) in [6.45, 7) is 0.975. The fraction of sp³-hybridized carbons (Fsp3) is 0.350. The minimum atomic E-state index is 0.141. The molecule has 4 rings (SSSR count). The van der Waals surface area contributed by atoms with Gasteiger partial charge >= 0.3 is 0 Å². The van der Waals surface area contributed by atoms with Crippen LogP contribution in [0.15, 0.2) is 30.3 Å². The van der Waals surface area contributed by atoms with E-state index in [9.17, 15) is 10.4 Å². The Morgan fingerprint density at radius 2 is 2.08 bits per heavy atom. The van der Waals surface area contributed by atoms with Crippen LogP contribution in [0.5, 0.6) is 5.75 Å². The number of nitrogens with zero attached hydrogens (tertiary/aromatic N) is 2. The summed E-state index contributed by atoms with van der Waals surface area (Å²) in [5, 5.41) is 20.0. The summed E-state index contributed by atoms with van der Waals surface area (Å²) >= 11 is 6.15. The first-order chi connectivity index (χ1) is 11.6. The van der Waals surface area contributed by atoms with Gasteiger partial charge in [0.25, 0.3) is 0 Å². The molecule has 0 aromatic heterocycles. The monoisotopic (exact) mass is 338 g/mol. The molecule has 2 aliphatic rings. The largest absolute Gasteiger partial charge is 0.506 e. The molecule has 2 aromatic rings. The van der Waals surface area contributed by atoms with Crippen LogP contribution in [0, 0.1) is 11.3 Å². The summed E-state index contributed by atoms with van der Waals surface area (Å²) in [7, 11) is 2.17. The van der Waals surface area contributed by atoms with E-state index in [1.807, 2.05) is 24.3 Å². The van der Waals surface area contributed by atoms with Crippen LogP contribution in [0.2, 0.25) is 5.02 Å². The van der Waals surface area contributed by atoms with Crippen molar-refractivity contribution in [1.29, 1.82) is 5.26 Å². The van der Waals surface area contributed by atoms with Crippen LogP contribution in [0.4, 0.5) is 0 Å². The first-order valence-electron chi connectivity index (χ1n) is 8.33. The Morgan fingerprint density at radius 3 is 2.88 bits per heavy atom. The highest BCUT2D eigenvalue weighted by Crippen LogP contribution is 2.45. The number of hydrogen-bond acceptors (Lipinski definition) is 3. The van der Waals surface area contributed by atoms with Crippen molar-refractivity contribution in [3.05, 3.63) is 63.2 Å². The molecule has 0 fully saturated rings. The Morgan fingerprint density at radius 1 is 1.25 bits per heavy atom. The molecule has 122 valence electrons. The molecular formula is C20H19ClN2O. The van der Waals surface area contributed by atoms with Gasteiger partial charge in [-0.1, -0.05) is 23.7 Å². The summed E-state index contributed by atoms with van der Waals surface area (Å²) in [5.41, 5.74) is 5.52. The summed E-state index contributed by atoms with van der Waals surface area (Å²) < 4.78 is 0. The van der Waals surface area contributed by atoms with Crippen LogP contribution >= 0.6 is 11.6 Å². The van der Waals surface area contributed by atoms with E-state index in [2.05, 4.69) is 24.1 Å². The number of nitriles is 1. The number of rotatable bonds is 0. The van der Waals surface area contributed by atoms with E-state index in [-0.39, 0.29) is 11.7 Å². The third-order valence-electron chi connectivity index (χ3n) is 5.59. The van der Waals surface area contributed by atoms with Crippen molar-refractivity contribution in [2.75, 3.05) is 13.6 Å². The lowest BCUT2D eigenvalue weighted by atomic mass is 9.73. The molecule has 0 bridgehead atoms. The van der Waals surface area contributed by atoms with Crippen molar-refractivity contribution in [2.24, 2.45) is 0 Å². The van der Waals surface area contributed by atoms with E-state index in [1.54, 1.807) is 0 Å². The Hall–Kier alpha value is -2.02. The van der Waals surface area contributed by atoms with Crippen LogP contribution in [-0.4, -0.2) is 29.6 Å². The number of fused-ring (bicyclic) bond motifs is 5. The minimum Gasteiger partial charge on any atom is -0.506 e. The molecule has 0 spiro atoms. The van der Waals surface area contributed by atoms with Crippen molar-refractivity contribution in [3.63, 3.8) is 0 Å². The standard InChI is InChI=1S/C20H19ClN2O/c1-23-8-7-12-9-17(21)19(24)10-16(12)20-15-4-2-3-13(11-22)14(15)5-6-18(20)23/h2-4,9-10,18,20,24H,5-8H2,1H3/t18-,20?/m0/s1. The van der Waals surface area contributed by atoms with E-state index < -0.39 is 0 Å². The van der Waals surface area contributed by atoms with Crippen LogP contribution in [0.25, 0.3) is 0 Å². The molecule has 2 atom stereocenters. The molecule has 1 aliphatic carbocycles. The van der Waals surface area contributed by atoms with Crippen molar-refractivity contribution in [2.45, 2.75) is 31.2 Å². The van der Waals surface area contributed by atoms with Crippen molar-refractivity contribution in [1.82, 2.24) is 4.90 Å². The lowest BCUT2D eigenvalue weighted by Gasteiger charge is -2.38. The maximum Gasteiger partial charge on any atom is 0.134 e. The predicted molar refractivity (Wildman–Crippen MR) is 94.6 cm³/mol. The highest BCUT2D eigenvalue weighted by molar-refractivity contribution is 6.32. The molecule has 0 radical (unpaired) electrons. The van der Waals surface area contributed by atoms with Gasteiger partial charge in [-0.3, -0.25) is 0 Å². The van der Waals surface area contributed by atoms with Crippen LogP contribution in [0.3, 0.4) is 0 Å². The van der Waals surface area contributed by atoms with Crippen molar-refractivity contribution < 1.29 is 5.11 Å². The molecule has 4 heteroatoms. The summed E-state index contributed by atoms with van der Waals surface area (Å²) in [6.07, 6.45) is 2.88. The Kier molecular flexibility index (Phi) is 3.75. The van der Waals surface area contributed by atoms with E-state index in [1.165, 1.54) is 11.1 Å². The predicted octanol–water partition coefficient (Wildman–Crippen LogP) is 3.85. The van der Waals surface area contributed by atoms with E-state index in [0.717, 1.165) is 42.5 Å². The normalized spacial score (nSPS) is 22.7. The quantitative estimate of drug-likeness (QED) is 0.793. The van der Waals surface area contributed by atoms with Crippen LogP contribution in [-0.2, 0) is 12.8 Å².